The Kier molecular flexibility index (Phi) is 3.58. The number of rotatable bonds is 3. The van der Waals surface area contributed by atoms with Crippen LogP contribution in [0, 0.1) is 6.92 Å². The summed E-state index contributed by atoms with van der Waals surface area (Å²) >= 11 is 6.10. The van der Waals surface area contributed by atoms with Gasteiger partial charge in [-0.2, -0.15) is 0 Å². The quantitative estimate of drug-likeness (QED) is 0.755. The Labute approximate surface area is 126 Å². The Hall–Kier alpha value is -2.40. The number of carbonyl (C=O) groups excluding carboxylic acids is 1. The van der Waals surface area contributed by atoms with E-state index in [1.54, 1.807) is 19.2 Å². The van der Waals surface area contributed by atoms with Crippen molar-refractivity contribution in [3.63, 3.8) is 0 Å². The van der Waals surface area contributed by atoms with Crippen molar-refractivity contribution in [1.82, 2.24) is 15.3 Å². The SMILES string of the molecule is Cc1cnc(CNC(=O)c2cc3ccccc3c(Cl)n2)o1. The van der Waals surface area contributed by atoms with E-state index in [1.165, 1.54) is 0 Å². The number of pyridine rings is 1. The van der Waals surface area contributed by atoms with Crippen molar-refractivity contribution >= 4 is 28.3 Å². The molecule has 0 bridgehead atoms. The minimum atomic E-state index is -0.321. The molecule has 1 N–H and O–H groups in total. The number of amides is 1. The van der Waals surface area contributed by atoms with Gasteiger partial charge in [-0.3, -0.25) is 4.79 Å². The summed E-state index contributed by atoms with van der Waals surface area (Å²) in [7, 11) is 0. The van der Waals surface area contributed by atoms with E-state index >= 15 is 0 Å². The van der Waals surface area contributed by atoms with E-state index in [-0.39, 0.29) is 18.1 Å². The van der Waals surface area contributed by atoms with Gasteiger partial charge in [0, 0.05) is 5.39 Å². The molecule has 0 saturated carbocycles. The predicted octanol–water partition coefficient (Wildman–Crippen LogP) is 3.11. The number of aromatic nitrogens is 2. The molecule has 21 heavy (non-hydrogen) atoms. The molecule has 106 valence electrons. The first-order valence-electron chi connectivity index (χ1n) is 6.38. The molecule has 2 aromatic heterocycles. The Morgan fingerprint density at radius 2 is 2.19 bits per heavy atom. The van der Waals surface area contributed by atoms with Gasteiger partial charge in [-0.05, 0) is 18.4 Å². The van der Waals surface area contributed by atoms with Gasteiger partial charge in [-0.1, -0.05) is 35.9 Å². The number of carbonyl (C=O) groups is 1. The Balaban J connectivity index is 1.81. The lowest BCUT2D eigenvalue weighted by atomic mass is 10.1. The molecule has 0 fully saturated rings. The second-order valence-corrected chi connectivity index (χ2v) is 4.92. The number of fused-ring (bicyclic) bond motifs is 1. The van der Waals surface area contributed by atoms with Crippen molar-refractivity contribution in [1.29, 1.82) is 0 Å². The zero-order valence-electron chi connectivity index (χ0n) is 11.3. The van der Waals surface area contributed by atoms with Crippen molar-refractivity contribution in [2.24, 2.45) is 0 Å². The molecule has 1 aromatic carbocycles. The summed E-state index contributed by atoms with van der Waals surface area (Å²) in [5, 5.41) is 4.70. The second kappa shape index (κ2) is 5.54. The van der Waals surface area contributed by atoms with Crippen LogP contribution < -0.4 is 5.32 Å². The van der Waals surface area contributed by atoms with Gasteiger partial charge in [0.15, 0.2) is 0 Å². The summed E-state index contributed by atoms with van der Waals surface area (Å²) in [6.45, 7) is 2.00. The minimum Gasteiger partial charge on any atom is -0.444 e. The van der Waals surface area contributed by atoms with Crippen LogP contribution in [0.3, 0.4) is 0 Å². The molecule has 0 aliphatic carbocycles. The Morgan fingerprint density at radius 1 is 1.38 bits per heavy atom. The molecule has 2 heterocycles. The third-order valence-electron chi connectivity index (χ3n) is 3.00. The molecule has 0 radical (unpaired) electrons. The number of halogens is 1. The number of benzene rings is 1. The predicted molar refractivity (Wildman–Crippen MR) is 79.2 cm³/mol. The van der Waals surface area contributed by atoms with E-state index in [1.807, 2.05) is 24.3 Å². The first-order chi connectivity index (χ1) is 10.1. The Bertz CT molecular complexity index is 814. The average molecular weight is 302 g/mol. The summed E-state index contributed by atoms with van der Waals surface area (Å²) in [5.74, 6) is 0.831. The van der Waals surface area contributed by atoms with Crippen LogP contribution in [0.5, 0.6) is 0 Å². The zero-order chi connectivity index (χ0) is 14.8. The summed E-state index contributed by atoms with van der Waals surface area (Å²) < 4.78 is 5.29. The van der Waals surface area contributed by atoms with Crippen LogP contribution in [0.25, 0.3) is 10.8 Å². The molecular formula is C15H12ClN3O2. The smallest absolute Gasteiger partial charge is 0.270 e. The van der Waals surface area contributed by atoms with Gasteiger partial charge in [-0.15, -0.1) is 0 Å². The van der Waals surface area contributed by atoms with E-state index in [0.717, 1.165) is 10.8 Å². The number of hydrogen-bond acceptors (Lipinski definition) is 4. The molecule has 3 rings (SSSR count). The lowest BCUT2D eigenvalue weighted by molar-refractivity contribution is 0.0942. The highest BCUT2D eigenvalue weighted by molar-refractivity contribution is 6.34. The standard InChI is InChI=1S/C15H12ClN3O2/c1-9-7-17-13(21-9)8-18-15(20)12-6-10-4-2-3-5-11(10)14(16)19-12/h2-7H,8H2,1H3,(H,18,20). The van der Waals surface area contributed by atoms with Gasteiger partial charge >= 0.3 is 0 Å². The topological polar surface area (TPSA) is 68.0 Å². The van der Waals surface area contributed by atoms with Crippen LogP contribution in [0.2, 0.25) is 5.15 Å². The maximum atomic E-state index is 12.1. The monoisotopic (exact) mass is 301 g/mol. The molecule has 0 unspecified atom stereocenters. The van der Waals surface area contributed by atoms with E-state index in [2.05, 4.69) is 15.3 Å². The third-order valence-corrected chi connectivity index (χ3v) is 3.28. The highest BCUT2D eigenvalue weighted by atomic mass is 35.5. The molecule has 5 nitrogen and oxygen atoms in total. The summed E-state index contributed by atoms with van der Waals surface area (Å²) in [6.07, 6.45) is 1.60. The Morgan fingerprint density at radius 3 is 2.95 bits per heavy atom. The minimum absolute atomic E-state index is 0.207. The van der Waals surface area contributed by atoms with Gasteiger partial charge in [0.2, 0.25) is 5.89 Å². The molecule has 3 aromatic rings. The molecule has 0 aliphatic rings. The molecular weight excluding hydrogens is 290 g/mol. The molecule has 6 heteroatoms. The number of aryl methyl sites for hydroxylation is 1. The fourth-order valence-electron chi connectivity index (χ4n) is 2.00. The normalized spacial score (nSPS) is 10.8. The van der Waals surface area contributed by atoms with Crippen molar-refractivity contribution < 1.29 is 9.21 Å². The highest BCUT2D eigenvalue weighted by Gasteiger charge is 2.12. The third kappa shape index (κ3) is 2.87. The second-order valence-electron chi connectivity index (χ2n) is 4.57. The summed E-state index contributed by atoms with van der Waals surface area (Å²) in [6, 6.07) is 9.22. The van der Waals surface area contributed by atoms with E-state index < -0.39 is 0 Å². The van der Waals surface area contributed by atoms with Crippen molar-refractivity contribution in [2.75, 3.05) is 0 Å². The van der Waals surface area contributed by atoms with Gasteiger partial charge in [0.25, 0.3) is 5.91 Å². The van der Waals surface area contributed by atoms with Crippen LogP contribution in [0.15, 0.2) is 40.9 Å². The van der Waals surface area contributed by atoms with Crippen LogP contribution in [-0.4, -0.2) is 15.9 Å². The number of oxazole rings is 1. The first kappa shape index (κ1) is 13.6. The van der Waals surface area contributed by atoms with Gasteiger partial charge < -0.3 is 9.73 Å². The van der Waals surface area contributed by atoms with E-state index in [0.29, 0.717) is 16.8 Å². The van der Waals surface area contributed by atoms with Crippen molar-refractivity contribution in [2.45, 2.75) is 13.5 Å². The molecule has 0 atom stereocenters. The van der Waals surface area contributed by atoms with Crippen molar-refractivity contribution in [3.8, 4) is 0 Å². The summed E-state index contributed by atoms with van der Waals surface area (Å²) in [5.41, 5.74) is 0.266. The lowest BCUT2D eigenvalue weighted by Gasteiger charge is -2.05. The van der Waals surface area contributed by atoms with Crippen LogP contribution in [0.1, 0.15) is 22.1 Å². The fraction of sp³-hybridized carbons (Fsp3) is 0.133. The maximum Gasteiger partial charge on any atom is 0.270 e. The highest BCUT2D eigenvalue weighted by Crippen LogP contribution is 2.22. The largest absolute Gasteiger partial charge is 0.444 e. The van der Waals surface area contributed by atoms with Crippen LogP contribution in [0.4, 0.5) is 0 Å². The van der Waals surface area contributed by atoms with E-state index in [9.17, 15) is 4.79 Å². The van der Waals surface area contributed by atoms with Crippen LogP contribution >= 0.6 is 11.6 Å². The average Bonchev–Trinajstić information content (AvgIpc) is 2.90. The lowest BCUT2D eigenvalue weighted by Crippen LogP contribution is -2.24. The van der Waals surface area contributed by atoms with E-state index in [4.69, 9.17) is 16.0 Å². The number of nitrogens with zero attached hydrogens (tertiary/aromatic N) is 2. The number of nitrogens with one attached hydrogen (secondary N) is 1. The number of hydrogen-bond donors (Lipinski definition) is 1. The molecule has 0 saturated heterocycles. The van der Waals surface area contributed by atoms with Gasteiger partial charge in [0.05, 0.1) is 12.7 Å². The molecule has 1 amide bonds. The van der Waals surface area contributed by atoms with Gasteiger partial charge in [-0.25, -0.2) is 9.97 Å². The summed E-state index contributed by atoms with van der Waals surface area (Å²) in [4.78, 5) is 20.3. The molecule has 0 spiro atoms. The maximum absolute atomic E-state index is 12.1. The zero-order valence-corrected chi connectivity index (χ0v) is 12.0. The van der Waals surface area contributed by atoms with Crippen LogP contribution in [-0.2, 0) is 6.54 Å². The van der Waals surface area contributed by atoms with Gasteiger partial charge in [0.1, 0.15) is 16.6 Å². The van der Waals surface area contributed by atoms with Crippen molar-refractivity contribution in [3.05, 3.63) is 59.0 Å². The first-order valence-corrected chi connectivity index (χ1v) is 6.76. The fourth-order valence-corrected chi connectivity index (χ4v) is 2.27. The molecule has 0 aliphatic heterocycles.